The van der Waals surface area contributed by atoms with Crippen molar-refractivity contribution in [3.63, 3.8) is 0 Å². The van der Waals surface area contributed by atoms with Crippen molar-refractivity contribution in [3.8, 4) is 0 Å². The SMILES string of the molecule is CC(C)(C)C(c1ccc(C(F)(F)F)cc1)N1NC(CF)C2C(=O)NC(O)NC21. The summed E-state index contributed by atoms with van der Waals surface area (Å²) in [5.41, 5.74) is 2.32. The Morgan fingerprint density at radius 1 is 1.18 bits per heavy atom. The zero-order chi connectivity index (χ0) is 20.9. The van der Waals surface area contributed by atoms with Gasteiger partial charge in [-0.2, -0.15) is 13.2 Å². The first-order valence-corrected chi connectivity index (χ1v) is 8.95. The van der Waals surface area contributed by atoms with Gasteiger partial charge in [0.05, 0.1) is 29.7 Å². The van der Waals surface area contributed by atoms with Crippen LogP contribution >= 0.6 is 0 Å². The van der Waals surface area contributed by atoms with Gasteiger partial charge in [-0.05, 0) is 23.1 Å². The molecule has 5 atom stereocenters. The number of nitrogens with zero attached hydrogens (tertiary/aromatic N) is 1. The molecule has 10 heteroatoms. The lowest BCUT2D eigenvalue weighted by Crippen LogP contribution is -2.65. The average molecular weight is 404 g/mol. The molecule has 0 bridgehead atoms. The molecule has 1 aromatic rings. The van der Waals surface area contributed by atoms with E-state index in [0.29, 0.717) is 5.56 Å². The molecule has 0 radical (unpaired) electrons. The number of nitrogens with one attached hydrogen (secondary N) is 3. The van der Waals surface area contributed by atoms with Gasteiger partial charge in [0.25, 0.3) is 0 Å². The quantitative estimate of drug-likeness (QED) is 0.579. The van der Waals surface area contributed by atoms with Gasteiger partial charge in [-0.1, -0.05) is 32.9 Å². The molecule has 0 saturated carbocycles. The Hall–Kier alpha value is -1.75. The number of benzene rings is 1. The van der Waals surface area contributed by atoms with Crippen LogP contribution in [0.1, 0.15) is 37.9 Å². The molecule has 1 aromatic carbocycles. The van der Waals surface area contributed by atoms with Gasteiger partial charge in [-0.25, -0.2) is 14.8 Å². The van der Waals surface area contributed by atoms with Crippen molar-refractivity contribution in [1.29, 1.82) is 0 Å². The highest BCUT2D eigenvalue weighted by Gasteiger charge is 2.53. The maximum Gasteiger partial charge on any atom is 0.416 e. The van der Waals surface area contributed by atoms with Crippen LogP contribution in [-0.2, 0) is 11.0 Å². The van der Waals surface area contributed by atoms with Gasteiger partial charge < -0.3 is 10.4 Å². The van der Waals surface area contributed by atoms with Crippen LogP contribution in [0.25, 0.3) is 0 Å². The minimum atomic E-state index is -4.45. The standard InChI is InChI=1S/C18H24F4N4O2/c1-17(2,3)13(9-4-6-10(7-5-9)18(20,21)22)26-14-12(11(8-19)25-26)15(27)24-16(28)23-14/h4-7,11-14,16,23,25,28H,8H2,1-3H3,(H,24,27). The van der Waals surface area contributed by atoms with E-state index >= 15 is 0 Å². The number of hydrazine groups is 1. The molecule has 156 valence electrons. The van der Waals surface area contributed by atoms with Crippen LogP contribution in [0.2, 0.25) is 0 Å². The second-order valence-electron chi connectivity index (χ2n) is 8.23. The molecular formula is C18H24F4N4O2. The third-order valence-electron chi connectivity index (χ3n) is 5.12. The fourth-order valence-electron chi connectivity index (χ4n) is 3.99. The summed E-state index contributed by atoms with van der Waals surface area (Å²) in [6.07, 6.45) is -6.47. The van der Waals surface area contributed by atoms with E-state index < -0.39 is 60.3 Å². The van der Waals surface area contributed by atoms with E-state index in [2.05, 4.69) is 16.1 Å². The Balaban J connectivity index is 1.99. The van der Waals surface area contributed by atoms with Crippen LogP contribution in [0, 0.1) is 11.3 Å². The van der Waals surface area contributed by atoms with Crippen molar-refractivity contribution in [2.24, 2.45) is 11.3 Å². The topological polar surface area (TPSA) is 76.6 Å². The largest absolute Gasteiger partial charge is 0.416 e. The first-order chi connectivity index (χ1) is 12.9. The number of alkyl halides is 4. The number of carbonyl (C=O) groups excluding carboxylic acids is 1. The number of halogens is 4. The number of fused-ring (bicyclic) bond motifs is 1. The average Bonchev–Trinajstić information content (AvgIpc) is 2.92. The van der Waals surface area contributed by atoms with Gasteiger partial charge in [0.1, 0.15) is 6.67 Å². The highest BCUT2D eigenvalue weighted by atomic mass is 19.4. The second-order valence-corrected chi connectivity index (χ2v) is 8.23. The summed E-state index contributed by atoms with van der Waals surface area (Å²) in [6, 6.07) is 3.47. The lowest BCUT2D eigenvalue weighted by molar-refractivity contribution is -0.138. The molecule has 2 fully saturated rings. The first-order valence-electron chi connectivity index (χ1n) is 8.95. The number of hydrogen-bond donors (Lipinski definition) is 4. The number of rotatable bonds is 3. The minimum absolute atomic E-state index is 0.483. The van der Waals surface area contributed by atoms with Gasteiger partial charge in [0.2, 0.25) is 5.91 Å². The summed E-state index contributed by atoms with van der Waals surface area (Å²) < 4.78 is 52.3. The molecule has 0 aromatic heterocycles. The van der Waals surface area contributed by atoms with E-state index in [9.17, 15) is 27.5 Å². The predicted octanol–water partition coefficient (Wildman–Crippen LogP) is 1.89. The Morgan fingerprint density at radius 3 is 2.29 bits per heavy atom. The summed E-state index contributed by atoms with van der Waals surface area (Å²) in [7, 11) is 0. The Kier molecular flexibility index (Phi) is 5.43. The van der Waals surface area contributed by atoms with Crippen molar-refractivity contribution >= 4 is 5.91 Å². The van der Waals surface area contributed by atoms with E-state index in [1.807, 2.05) is 20.8 Å². The van der Waals surface area contributed by atoms with Crippen LogP contribution in [0.4, 0.5) is 17.6 Å². The van der Waals surface area contributed by atoms with Gasteiger partial charge in [-0.3, -0.25) is 10.1 Å². The Labute approximate surface area is 160 Å². The maximum atomic E-state index is 13.6. The third-order valence-corrected chi connectivity index (χ3v) is 5.12. The van der Waals surface area contributed by atoms with E-state index in [4.69, 9.17) is 0 Å². The van der Waals surface area contributed by atoms with Crippen molar-refractivity contribution in [2.45, 2.75) is 51.5 Å². The summed E-state index contributed by atoms with van der Waals surface area (Å²) in [4.78, 5) is 12.3. The summed E-state index contributed by atoms with van der Waals surface area (Å²) >= 11 is 0. The summed E-state index contributed by atoms with van der Waals surface area (Å²) in [5.74, 6) is -1.29. The molecule has 28 heavy (non-hydrogen) atoms. The number of aliphatic hydroxyl groups is 1. The second kappa shape index (κ2) is 7.25. The zero-order valence-electron chi connectivity index (χ0n) is 15.7. The van der Waals surface area contributed by atoms with E-state index in [1.54, 1.807) is 5.01 Å². The molecule has 1 amide bonds. The first kappa shape index (κ1) is 21.0. The molecule has 4 N–H and O–H groups in total. The molecule has 0 aliphatic carbocycles. The molecular weight excluding hydrogens is 380 g/mol. The third kappa shape index (κ3) is 3.86. The van der Waals surface area contributed by atoms with E-state index in [0.717, 1.165) is 12.1 Å². The lowest BCUT2D eigenvalue weighted by atomic mass is 9.81. The monoisotopic (exact) mass is 404 g/mol. The molecule has 3 rings (SSSR count). The van der Waals surface area contributed by atoms with Gasteiger partial charge >= 0.3 is 6.18 Å². The minimum Gasteiger partial charge on any atom is -0.361 e. The summed E-state index contributed by atoms with van der Waals surface area (Å²) in [5, 5.41) is 16.7. The van der Waals surface area contributed by atoms with Crippen molar-refractivity contribution < 1.29 is 27.5 Å². The smallest absolute Gasteiger partial charge is 0.361 e. The molecule has 2 saturated heterocycles. The molecule has 5 unspecified atom stereocenters. The fourth-order valence-corrected chi connectivity index (χ4v) is 3.99. The maximum absolute atomic E-state index is 13.6. The number of carbonyl (C=O) groups is 1. The fraction of sp³-hybridized carbons (Fsp3) is 0.611. The van der Waals surface area contributed by atoms with E-state index in [1.165, 1.54) is 12.1 Å². The predicted molar refractivity (Wildman–Crippen MR) is 92.9 cm³/mol. The van der Waals surface area contributed by atoms with Crippen molar-refractivity contribution in [1.82, 2.24) is 21.1 Å². The normalized spacial score (nSPS) is 30.1. The Morgan fingerprint density at radius 2 is 1.79 bits per heavy atom. The van der Waals surface area contributed by atoms with Crippen LogP contribution in [-0.4, -0.2) is 41.3 Å². The van der Waals surface area contributed by atoms with Crippen LogP contribution in [0.5, 0.6) is 0 Å². The van der Waals surface area contributed by atoms with Gasteiger partial charge in [0, 0.05) is 0 Å². The molecule has 0 spiro atoms. The highest BCUT2D eigenvalue weighted by Crippen LogP contribution is 2.42. The number of aliphatic hydroxyl groups excluding tert-OH is 1. The molecule has 2 heterocycles. The molecule has 6 nitrogen and oxygen atoms in total. The van der Waals surface area contributed by atoms with Crippen molar-refractivity contribution in [2.75, 3.05) is 6.67 Å². The van der Waals surface area contributed by atoms with E-state index in [-0.39, 0.29) is 0 Å². The van der Waals surface area contributed by atoms with Crippen LogP contribution < -0.4 is 16.1 Å². The van der Waals surface area contributed by atoms with Gasteiger partial charge in [0.15, 0.2) is 6.35 Å². The van der Waals surface area contributed by atoms with Crippen LogP contribution in [0.3, 0.4) is 0 Å². The highest BCUT2D eigenvalue weighted by molar-refractivity contribution is 5.81. The molecule has 2 aliphatic rings. The molecule has 2 aliphatic heterocycles. The van der Waals surface area contributed by atoms with Crippen molar-refractivity contribution in [3.05, 3.63) is 35.4 Å². The van der Waals surface area contributed by atoms with Gasteiger partial charge in [-0.15, -0.1) is 0 Å². The number of amides is 1. The van der Waals surface area contributed by atoms with Crippen LogP contribution in [0.15, 0.2) is 24.3 Å². The summed E-state index contributed by atoms with van der Waals surface area (Å²) in [6.45, 7) is 4.88. The lowest BCUT2D eigenvalue weighted by Gasteiger charge is -2.43. The Bertz CT molecular complexity index is 720. The zero-order valence-corrected chi connectivity index (χ0v) is 15.7. The number of hydrogen-bond acceptors (Lipinski definition) is 5.